The van der Waals surface area contributed by atoms with Gasteiger partial charge in [0.1, 0.15) is 5.69 Å². The molecule has 1 amide bonds. The molecule has 8 heteroatoms. The molecule has 0 bridgehead atoms. The number of hydrogen-bond donors (Lipinski definition) is 1. The first-order valence-corrected chi connectivity index (χ1v) is 9.68. The van der Waals surface area contributed by atoms with Crippen molar-refractivity contribution in [3.63, 3.8) is 0 Å². The second-order valence-corrected chi connectivity index (χ2v) is 7.28. The number of carbonyl (C=O) groups is 1. The Hall–Kier alpha value is -3.55. The second-order valence-electron chi connectivity index (χ2n) is 7.28. The molecule has 0 saturated carbocycles. The Morgan fingerprint density at radius 1 is 1.28 bits per heavy atom. The van der Waals surface area contributed by atoms with Crippen molar-refractivity contribution in [3.05, 3.63) is 65.1 Å². The third kappa shape index (κ3) is 3.06. The van der Waals surface area contributed by atoms with Crippen LogP contribution >= 0.6 is 0 Å². The highest BCUT2D eigenvalue weighted by molar-refractivity contribution is 5.93. The average molecular weight is 388 g/mol. The van der Waals surface area contributed by atoms with Crippen molar-refractivity contribution in [3.8, 4) is 11.5 Å². The quantitative estimate of drug-likeness (QED) is 0.577. The van der Waals surface area contributed by atoms with E-state index in [9.17, 15) is 4.79 Å². The number of rotatable bonds is 4. The maximum absolute atomic E-state index is 12.9. The van der Waals surface area contributed by atoms with E-state index in [1.165, 1.54) is 5.56 Å². The molecule has 0 fully saturated rings. The molecule has 8 nitrogen and oxygen atoms in total. The van der Waals surface area contributed by atoms with Gasteiger partial charge in [-0.15, -0.1) is 10.2 Å². The molecular formula is C21H20N6O2. The van der Waals surface area contributed by atoms with E-state index < -0.39 is 0 Å². The van der Waals surface area contributed by atoms with Gasteiger partial charge < -0.3 is 9.73 Å². The molecule has 1 atom stereocenters. The Kier molecular flexibility index (Phi) is 4.12. The number of nitrogens with one attached hydrogen (secondary N) is 1. The van der Waals surface area contributed by atoms with Crippen LogP contribution in [0.25, 0.3) is 17.2 Å². The summed E-state index contributed by atoms with van der Waals surface area (Å²) in [5, 5.41) is 11.3. The van der Waals surface area contributed by atoms with Crippen molar-refractivity contribution in [2.24, 2.45) is 0 Å². The summed E-state index contributed by atoms with van der Waals surface area (Å²) in [5.74, 6) is 1.52. The van der Waals surface area contributed by atoms with Crippen LogP contribution in [-0.2, 0) is 12.8 Å². The zero-order valence-corrected chi connectivity index (χ0v) is 16.2. The van der Waals surface area contributed by atoms with E-state index in [1.807, 2.05) is 32.2 Å². The fourth-order valence-corrected chi connectivity index (χ4v) is 3.78. The first kappa shape index (κ1) is 17.5. The number of aryl methyl sites for hydroxylation is 3. The minimum absolute atomic E-state index is 0.0382. The van der Waals surface area contributed by atoms with Crippen molar-refractivity contribution in [1.29, 1.82) is 0 Å². The molecule has 1 aliphatic carbocycles. The molecule has 0 unspecified atom stereocenters. The van der Waals surface area contributed by atoms with Gasteiger partial charge in [-0.05, 0) is 48.6 Å². The van der Waals surface area contributed by atoms with Gasteiger partial charge in [-0.25, -0.2) is 9.97 Å². The first-order chi connectivity index (χ1) is 14.1. The maximum Gasteiger partial charge on any atom is 0.270 e. The van der Waals surface area contributed by atoms with Crippen LogP contribution in [0.15, 0.2) is 41.2 Å². The molecule has 3 heterocycles. The minimum Gasteiger partial charge on any atom is -0.421 e. The highest BCUT2D eigenvalue weighted by atomic mass is 16.4. The van der Waals surface area contributed by atoms with E-state index >= 15 is 0 Å². The first-order valence-electron chi connectivity index (χ1n) is 9.68. The average Bonchev–Trinajstić information content (AvgIpc) is 3.45. The lowest BCUT2D eigenvalue weighted by Crippen LogP contribution is -2.28. The van der Waals surface area contributed by atoms with Crippen LogP contribution < -0.4 is 5.32 Å². The van der Waals surface area contributed by atoms with Gasteiger partial charge in [0.2, 0.25) is 17.6 Å². The molecule has 1 N–H and O–H groups in total. The fourth-order valence-electron chi connectivity index (χ4n) is 3.78. The number of hydrogen-bond acceptors (Lipinski definition) is 6. The zero-order valence-electron chi connectivity index (χ0n) is 16.2. The van der Waals surface area contributed by atoms with Gasteiger partial charge in [0, 0.05) is 24.4 Å². The lowest BCUT2D eigenvalue weighted by molar-refractivity contribution is 0.0930. The van der Waals surface area contributed by atoms with Crippen molar-refractivity contribution in [2.75, 3.05) is 0 Å². The highest BCUT2D eigenvalue weighted by Gasteiger charge is 2.26. The van der Waals surface area contributed by atoms with Crippen molar-refractivity contribution in [1.82, 2.24) is 29.9 Å². The summed E-state index contributed by atoms with van der Waals surface area (Å²) in [6, 6.07) is 6.05. The zero-order chi connectivity index (χ0) is 20.0. The van der Waals surface area contributed by atoms with Gasteiger partial charge in [-0.1, -0.05) is 13.0 Å². The van der Waals surface area contributed by atoms with Gasteiger partial charge in [0.25, 0.3) is 5.91 Å². The lowest BCUT2D eigenvalue weighted by Gasteiger charge is -2.14. The topological polar surface area (TPSA) is 98.2 Å². The summed E-state index contributed by atoms with van der Waals surface area (Å²) in [5.41, 5.74) is 4.68. The Balaban J connectivity index is 1.39. The van der Waals surface area contributed by atoms with Crippen LogP contribution in [0.5, 0.6) is 0 Å². The molecule has 146 valence electrons. The highest BCUT2D eigenvalue weighted by Crippen LogP contribution is 2.34. The summed E-state index contributed by atoms with van der Waals surface area (Å²) in [7, 11) is 0. The van der Waals surface area contributed by atoms with Crippen molar-refractivity contribution in [2.45, 2.75) is 39.2 Å². The molecular weight excluding hydrogens is 368 g/mol. The van der Waals surface area contributed by atoms with Crippen molar-refractivity contribution < 1.29 is 9.21 Å². The van der Waals surface area contributed by atoms with Gasteiger partial charge >= 0.3 is 0 Å². The van der Waals surface area contributed by atoms with Crippen LogP contribution in [0, 0.1) is 6.92 Å². The predicted octanol–water partition coefficient (Wildman–Crippen LogP) is 3.07. The van der Waals surface area contributed by atoms with Gasteiger partial charge in [0.15, 0.2) is 0 Å². The van der Waals surface area contributed by atoms with Crippen LogP contribution in [0.2, 0.25) is 0 Å². The number of amides is 1. The summed E-state index contributed by atoms with van der Waals surface area (Å²) in [4.78, 5) is 21.4. The molecule has 0 spiro atoms. The minimum atomic E-state index is -0.156. The van der Waals surface area contributed by atoms with Crippen LogP contribution in [0.4, 0.5) is 0 Å². The van der Waals surface area contributed by atoms with E-state index in [0.29, 0.717) is 29.7 Å². The van der Waals surface area contributed by atoms with Crippen molar-refractivity contribution >= 4 is 11.7 Å². The Labute approximate surface area is 167 Å². The fraction of sp³-hybridized carbons (Fsp3) is 0.286. The Bertz CT molecular complexity index is 1230. The molecule has 4 aromatic rings. The molecule has 0 radical (unpaired) electrons. The van der Waals surface area contributed by atoms with Gasteiger partial charge in [-0.3, -0.25) is 9.20 Å². The monoisotopic (exact) mass is 388 g/mol. The largest absolute Gasteiger partial charge is 0.421 e. The molecule has 0 aliphatic heterocycles. The molecule has 5 rings (SSSR count). The third-order valence-electron chi connectivity index (χ3n) is 5.27. The molecule has 1 aromatic carbocycles. The van der Waals surface area contributed by atoms with E-state index in [2.05, 4.69) is 31.5 Å². The van der Waals surface area contributed by atoms with Crippen LogP contribution in [0.1, 0.15) is 52.5 Å². The standard InChI is InChI=1S/C21H20N6O2/c1-3-18-25-26-20(29-18)14-4-6-15-13(8-14)5-7-16(15)24-19(28)17-10-23-21-22-9-12(2)11-27(17)21/h4,6,8-11,16H,3,5,7H2,1-2H3,(H,24,28)/t16-/m1/s1. The van der Waals surface area contributed by atoms with Gasteiger partial charge in [0.05, 0.1) is 12.2 Å². The SMILES string of the molecule is CCc1nnc(-c2ccc3c(c2)CC[C@H]3NC(=O)c2cnc3ncc(C)cn23)o1. The summed E-state index contributed by atoms with van der Waals surface area (Å²) < 4.78 is 7.39. The van der Waals surface area contributed by atoms with Gasteiger partial charge in [-0.2, -0.15) is 0 Å². The molecule has 29 heavy (non-hydrogen) atoms. The Morgan fingerprint density at radius 3 is 2.97 bits per heavy atom. The summed E-state index contributed by atoms with van der Waals surface area (Å²) in [6.07, 6.45) is 7.62. The number of imidazole rings is 1. The second kappa shape index (κ2) is 6.80. The summed E-state index contributed by atoms with van der Waals surface area (Å²) in [6.45, 7) is 3.92. The number of fused-ring (bicyclic) bond motifs is 2. The Morgan fingerprint density at radius 2 is 2.14 bits per heavy atom. The van der Waals surface area contributed by atoms with Crippen LogP contribution in [-0.4, -0.2) is 30.5 Å². The number of carbonyl (C=O) groups excluding carboxylic acids is 1. The summed E-state index contributed by atoms with van der Waals surface area (Å²) >= 11 is 0. The normalized spacial score (nSPS) is 15.6. The maximum atomic E-state index is 12.9. The molecule has 0 saturated heterocycles. The van der Waals surface area contributed by atoms with Crippen LogP contribution in [0.3, 0.4) is 0 Å². The predicted molar refractivity (Wildman–Crippen MR) is 105 cm³/mol. The lowest BCUT2D eigenvalue weighted by atomic mass is 10.0. The smallest absolute Gasteiger partial charge is 0.270 e. The third-order valence-corrected chi connectivity index (χ3v) is 5.27. The van der Waals surface area contributed by atoms with E-state index in [-0.39, 0.29) is 11.9 Å². The molecule has 1 aliphatic rings. The van der Waals surface area contributed by atoms with E-state index in [4.69, 9.17) is 4.42 Å². The number of benzene rings is 1. The number of aromatic nitrogens is 5. The van der Waals surface area contributed by atoms with E-state index in [1.54, 1.807) is 16.8 Å². The number of nitrogens with zero attached hydrogens (tertiary/aromatic N) is 5. The van der Waals surface area contributed by atoms with E-state index in [0.717, 1.165) is 29.5 Å². The molecule has 3 aromatic heterocycles.